The Morgan fingerprint density at radius 1 is 1.38 bits per heavy atom. The van der Waals surface area contributed by atoms with Crippen LogP contribution in [0.15, 0.2) is 24.3 Å². The van der Waals surface area contributed by atoms with E-state index in [0.29, 0.717) is 11.3 Å². The third kappa shape index (κ3) is 4.77. The standard InChI is InChI=1S/C12H15FO2S/c1-15-7-2-8-16-9-12(14)10-3-5-11(13)6-4-10/h3-6H,2,7-9H2,1H3. The maximum Gasteiger partial charge on any atom is 0.172 e. The second-order valence-corrected chi connectivity index (χ2v) is 4.43. The summed E-state index contributed by atoms with van der Waals surface area (Å²) in [6.07, 6.45) is 0.942. The zero-order valence-corrected chi connectivity index (χ0v) is 10.1. The van der Waals surface area contributed by atoms with Gasteiger partial charge in [-0.1, -0.05) is 0 Å². The van der Waals surface area contributed by atoms with E-state index < -0.39 is 0 Å². The number of benzene rings is 1. The van der Waals surface area contributed by atoms with Gasteiger partial charge in [0.2, 0.25) is 0 Å². The number of halogens is 1. The molecule has 0 saturated heterocycles. The van der Waals surface area contributed by atoms with Crippen LogP contribution >= 0.6 is 11.8 Å². The Bertz CT molecular complexity index is 324. The van der Waals surface area contributed by atoms with E-state index in [-0.39, 0.29) is 11.6 Å². The molecule has 1 aromatic carbocycles. The molecule has 16 heavy (non-hydrogen) atoms. The van der Waals surface area contributed by atoms with Gasteiger partial charge < -0.3 is 4.74 Å². The molecule has 2 nitrogen and oxygen atoms in total. The maximum absolute atomic E-state index is 12.6. The average molecular weight is 242 g/mol. The maximum atomic E-state index is 12.6. The molecule has 0 amide bonds. The van der Waals surface area contributed by atoms with Gasteiger partial charge in [-0.15, -0.1) is 0 Å². The summed E-state index contributed by atoms with van der Waals surface area (Å²) in [4.78, 5) is 11.6. The van der Waals surface area contributed by atoms with Crippen LogP contribution in [-0.2, 0) is 4.74 Å². The lowest BCUT2D eigenvalue weighted by Gasteiger charge is -2.01. The second-order valence-electron chi connectivity index (χ2n) is 3.33. The van der Waals surface area contributed by atoms with E-state index in [4.69, 9.17) is 4.74 Å². The largest absolute Gasteiger partial charge is 0.385 e. The molecule has 4 heteroatoms. The fourth-order valence-corrected chi connectivity index (χ4v) is 2.01. The van der Waals surface area contributed by atoms with E-state index in [9.17, 15) is 9.18 Å². The van der Waals surface area contributed by atoms with E-state index in [0.717, 1.165) is 18.8 Å². The molecule has 0 saturated carbocycles. The third-order valence-electron chi connectivity index (χ3n) is 2.04. The van der Waals surface area contributed by atoms with Gasteiger partial charge in [0.25, 0.3) is 0 Å². The quantitative estimate of drug-likeness (QED) is 0.543. The van der Waals surface area contributed by atoms with Gasteiger partial charge in [0.1, 0.15) is 5.82 Å². The topological polar surface area (TPSA) is 26.3 Å². The second kappa shape index (κ2) is 7.41. The number of hydrogen-bond acceptors (Lipinski definition) is 3. The lowest BCUT2D eigenvalue weighted by Crippen LogP contribution is -2.03. The lowest BCUT2D eigenvalue weighted by atomic mass is 10.1. The highest BCUT2D eigenvalue weighted by molar-refractivity contribution is 7.99. The number of thioether (sulfide) groups is 1. The van der Waals surface area contributed by atoms with Crippen LogP contribution in [0.4, 0.5) is 4.39 Å². The summed E-state index contributed by atoms with van der Waals surface area (Å²) >= 11 is 1.58. The van der Waals surface area contributed by atoms with Crippen LogP contribution < -0.4 is 0 Å². The predicted molar refractivity (Wildman–Crippen MR) is 64.5 cm³/mol. The number of hydrogen-bond donors (Lipinski definition) is 0. The number of ketones is 1. The van der Waals surface area contributed by atoms with Crippen molar-refractivity contribution in [3.63, 3.8) is 0 Å². The van der Waals surface area contributed by atoms with E-state index in [2.05, 4.69) is 0 Å². The Labute approximate surface area is 99.2 Å². The minimum absolute atomic E-state index is 0.0439. The van der Waals surface area contributed by atoms with E-state index in [1.807, 2.05) is 0 Å². The van der Waals surface area contributed by atoms with Gasteiger partial charge in [0.15, 0.2) is 5.78 Å². The van der Waals surface area contributed by atoms with Crippen molar-refractivity contribution in [3.8, 4) is 0 Å². The molecule has 0 spiro atoms. The highest BCUT2D eigenvalue weighted by Crippen LogP contribution is 2.09. The van der Waals surface area contributed by atoms with Gasteiger partial charge in [0, 0.05) is 19.3 Å². The molecule has 0 aliphatic heterocycles. The number of carbonyl (C=O) groups is 1. The summed E-state index contributed by atoms with van der Waals surface area (Å²) in [6, 6.07) is 5.66. The molecule has 0 fully saturated rings. The van der Waals surface area contributed by atoms with Crippen molar-refractivity contribution in [2.75, 3.05) is 25.2 Å². The van der Waals surface area contributed by atoms with E-state index in [1.54, 1.807) is 18.9 Å². The first-order valence-corrected chi connectivity index (χ1v) is 6.25. The Kier molecular flexibility index (Phi) is 6.11. The van der Waals surface area contributed by atoms with Crippen LogP contribution in [0, 0.1) is 5.82 Å². The van der Waals surface area contributed by atoms with Gasteiger partial charge in [-0.05, 0) is 36.4 Å². The molecule has 0 unspecified atom stereocenters. The minimum Gasteiger partial charge on any atom is -0.385 e. The van der Waals surface area contributed by atoms with Crippen molar-refractivity contribution >= 4 is 17.5 Å². The summed E-state index contributed by atoms with van der Waals surface area (Å²) < 4.78 is 17.5. The predicted octanol–water partition coefficient (Wildman–Crippen LogP) is 2.78. The summed E-state index contributed by atoms with van der Waals surface area (Å²) in [5.74, 6) is 1.07. The summed E-state index contributed by atoms with van der Waals surface area (Å²) in [7, 11) is 1.66. The summed E-state index contributed by atoms with van der Waals surface area (Å²) in [6.45, 7) is 0.720. The van der Waals surface area contributed by atoms with Crippen molar-refractivity contribution in [2.45, 2.75) is 6.42 Å². The first-order chi connectivity index (χ1) is 7.74. The monoisotopic (exact) mass is 242 g/mol. The SMILES string of the molecule is COCCCSCC(=O)c1ccc(F)cc1. The molecular formula is C12H15FO2S. The van der Waals surface area contributed by atoms with Crippen LogP contribution in [0.25, 0.3) is 0 Å². The fourth-order valence-electron chi connectivity index (χ4n) is 1.19. The van der Waals surface area contributed by atoms with Crippen LogP contribution in [0.3, 0.4) is 0 Å². The van der Waals surface area contributed by atoms with Crippen molar-refractivity contribution < 1.29 is 13.9 Å². The van der Waals surface area contributed by atoms with Gasteiger partial charge in [0.05, 0.1) is 5.75 Å². The number of carbonyl (C=O) groups excluding carboxylic acids is 1. The molecule has 0 radical (unpaired) electrons. The number of ether oxygens (including phenoxy) is 1. The van der Waals surface area contributed by atoms with Crippen molar-refractivity contribution in [3.05, 3.63) is 35.6 Å². The lowest BCUT2D eigenvalue weighted by molar-refractivity contribution is 0.102. The van der Waals surface area contributed by atoms with Crippen molar-refractivity contribution in [1.29, 1.82) is 0 Å². The molecule has 0 aliphatic carbocycles. The highest BCUT2D eigenvalue weighted by Gasteiger charge is 2.05. The van der Waals surface area contributed by atoms with E-state index >= 15 is 0 Å². The molecule has 1 rings (SSSR count). The zero-order chi connectivity index (χ0) is 11.8. The van der Waals surface area contributed by atoms with Crippen molar-refractivity contribution in [2.24, 2.45) is 0 Å². The molecule has 0 bridgehead atoms. The number of rotatable bonds is 7. The Hall–Kier alpha value is -0.870. The van der Waals surface area contributed by atoms with Crippen LogP contribution in [0.1, 0.15) is 16.8 Å². The normalized spacial score (nSPS) is 10.4. The first-order valence-electron chi connectivity index (χ1n) is 5.09. The molecule has 0 heterocycles. The van der Waals surface area contributed by atoms with Crippen molar-refractivity contribution in [1.82, 2.24) is 0 Å². The molecule has 0 aromatic heterocycles. The Morgan fingerprint density at radius 2 is 2.06 bits per heavy atom. The Balaban J connectivity index is 2.27. The van der Waals surface area contributed by atoms with Crippen LogP contribution in [-0.4, -0.2) is 31.0 Å². The number of Topliss-reactive ketones (excluding diaryl/α,β-unsaturated/α-hetero) is 1. The molecular weight excluding hydrogens is 227 g/mol. The van der Waals surface area contributed by atoms with Gasteiger partial charge >= 0.3 is 0 Å². The Morgan fingerprint density at radius 3 is 2.69 bits per heavy atom. The molecule has 1 aromatic rings. The average Bonchev–Trinajstić information content (AvgIpc) is 2.29. The molecule has 0 atom stereocenters. The van der Waals surface area contributed by atoms with Gasteiger partial charge in [-0.3, -0.25) is 4.79 Å². The van der Waals surface area contributed by atoms with Gasteiger partial charge in [-0.25, -0.2) is 4.39 Å². The molecule has 88 valence electrons. The minimum atomic E-state index is -0.315. The summed E-state index contributed by atoms with van der Waals surface area (Å²) in [5, 5.41) is 0. The zero-order valence-electron chi connectivity index (χ0n) is 9.24. The fraction of sp³-hybridized carbons (Fsp3) is 0.417. The molecule has 0 N–H and O–H groups in total. The van der Waals surface area contributed by atoms with Gasteiger partial charge in [-0.2, -0.15) is 11.8 Å². The first kappa shape index (κ1) is 13.2. The highest BCUT2D eigenvalue weighted by atomic mass is 32.2. The van der Waals surface area contributed by atoms with Crippen LogP contribution in [0.5, 0.6) is 0 Å². The summed E-state index contributed by atoms with van der Waals surface area (Å²) in [5.41, 5.74) is 0.570. The van der Waals surface area contributed by atoms with E-state index in [1.165, 1.54) is 24.3 Å². The van der Waals surface area contributed by atoms with Crippen LogP contribution in [0.2, 0.25) is 0 Å². The third-order valence-corrected chi connectivity index (χ3v) is 3.08. The smallest absolute Gasteiger partial charge is 0.172 e. The molecule has 0 aliphatic rings. The number of methoxy groups -OCH3 is 1.